The molecule has 1 saturated heterocycles. The molecule has 1 fully saturated rings. The van der Waals surface area contributed by atoms with E-state index in [1.165, 1.54) is 12.0 Å². The van der Waals surface area contributed by atoms with E-state index in [1.54, 1.807) is 48.7 Å². The van der Waals surface area contributed by atoms with Crippen molar-refractivity contribution in [1.82, 2.24) is 30.2 Å². The number of rotatable bonds is 11. The molecule has 3 atom stereocenters. The minimum absolute atomic E-state index is 0.0107. The number of likely N-dealkylation sites (tertiary alicyclic amines) is 1. The van der Waals surface area contributed by atoms with Crippen molar-refractivity contribution in [3.63, 3.8) is 0 Å². The van der Waals surface area contributed by atoms with Crippen LogP contribution in [0.25, 0.3) is 11.5 Å². The zero-order valence-corrected chi connectivity index (χ0v) is 31.4. The van der Waals surface area contributed by atoms with Crippen molar-refractivity contribution >= 4 is 35.3 Å². The SMILES string of the molecule is COc1cc(C(=O)NC2CCCCN2C)ccc1Nc1ncc2c(n1)-c1onc(C(N)=O)c1CC2(C)C[C@H](CN1C(=O)c2ccccc2C1=O)c1ccccc1. The molecule has 14 nitrogen and oxygen atoms in total. The molecule has 0 saturated carbocycles. The molecular weight excluding hydrogens is 713 g/mol. The predicted molar refractivity (Wildman–Crippen MR) is 207 cm³/mol. The number of amides is 4. The standard InChI is InChI=1S/C42H42N8O6/c1-42(20-26(24-11-5-4-6-12-24)23-50-39(53)27-13-7-8-14-28(27)40(50)54)21-29-34(37(43)51)48-56-36(29)35-30(42)22-44-41(47-35)45-31-17-16-25(19-32(31)55-3)38(52)46-33-15-9-10-18-49(33)2/h4-8,11-14,16-17,19,22,26,33H,9-10,15,18,20-21,23H2,1-3H3,(H2,43,51)(H,46,52)(H,44,45,47)/t26-,33?,42?/m1/s1. The van der Waals surface area contributed by atoms with Gasteiger partial charge < -0.3 is 25.6 Å². The van der Waals surface area contributed by atoms with Crippen LogP contribution >= 0.6 is 0 Å². The lowest BCUT2D eigenvalue weighted by Gasteiger charge is -2.38. The summed E-state index contributed by atoms with van der Waals surface area (Å²) >= 11 is 0. The lowest BCUT2D eigenvalue weighted by Crippen LogP contribution is -2.48. The molecule has 3 aliphatic rings. The lowest BCUT2D eigenvalue weighted by molar-refractivity contribution is 0.0637. The molecule has 0 radical (unpaired) electrons. The third-order valence-corrected chi connectivity index (χ3v) is 11.3. The van der Waals surface area contributed by atoms with E-state index >= 15 is 0 Å². The molecule has 0 bridgehead atoms. The number of anilines is 2. The Balaban J connectivity index is 1.12. The molecule has 2 unspecified atom stereocenters. The number of aromatic nitrogens is 3. The summed E-state index contributed by atoms with van der Waals surface area (Å²) in [5.41, 5.74) is 9.41. The van der Waals surface area contributed by atoms with Crippen molar-refractivity contribution < 1.29 is 28.4 Å². The van der Waals surface area contributed by atoms with Gasteiger partial charge in [-0.1, -0.05) is 54.5 Å². The summed E-state index contributed by atoms with van der Waals surface area (Å²) in [5, 5.41) is 10.4. The van der Waals surface area contributed by atoms with Gasteiger partial charge in [0.15, 0.2) is 11.5 Å². The maximum absolute atomic E-state index is 13.5. The van der Waals surface area contributed by atoms with Gasteiger partial charge in [-0.05, 0) is 81.6 Å². The fourth-order valence-electron chi connectivity index (χ4n) is 8.31. The van der Waals surface area contributed by atoms with Gasteiger partial charge >= 0.3 is 0 Å². The van der Waals surface area contributed by atoms with Crippen LogP contribution in [0, 0.1) is 0 Å². The smallest absolute Gasteiger partial charge is 0.271 e. The zero-order chi connectivity index (χ0) is 39.1. The third kappa shape index (κ3) is 6.65. The number of imide groups is 1. The van der Waals surface area contributed by atoms with Crippen molar-refractivity contribution in [1.29, 1.82) is 0 Å². The number of carbonyl (C=O) groups excluding carboxylic acids is 4. The fourth-order valence-corrected chi connectivity index (χ4v) is 8.31. The summed E-state index contributed by atoms with van der Waals surface area (Å²) in [7, 11) is 3.53. The van der Waals surface area contributed by atoms with Crippen LogP contribution in [0.2, 0.25) is 0 Å². The summed E-state index contributed by atoms with van der Waals surface area (Å²) < 4.78 is 11.4. The number of nitrogens with one attached hydrogen (secondary N) is 2. The second kappa shape index (κ2) is 14.7. The molecule has 4 heterocycles. The number of hydrogen-bond acceptors (Lipinski definition) is 11. The Bertz CT molecular complexity index is 2330. The Labute approximate surface area is 323 Å². The second-order valence-corrected chi connectivity index (χ2v) is 15.0. The average molecular weight is 755 g/mol. The molecule has 14 heteroatoms. The number of ether oxygens (including phenoxy) is 1. The quantitative estimate of drug-likeness (QED) is 0.146. The van der Waals surface area contributed by atoms with Crippen molar-refractivity contribution in [3.05, 3.63) is 118 Å². The van der Waals surface area contributed by atoms with Gasteiger partial charge in [-0.2, -0.15) is 0 Å². The van der Waals surface area contributed by atoms with E-state index in [2.05, 4.69) is 20.7 Å². The molecule has 5 aromatic rings. The largest absolute Gasteiger partial charge is 0.495 e. The Morgan fingerprint density at radius 1 is 1.04 bits per heavy atom. The first-order chi connectivity index (χ1) is 27.0. The monoisotopic (exact) mass is 754 g/mol. The van der Waals surface area contributed by atoms with Crippen molar-refractivity contribution in [2.75, 3.05) is 32.6 Å². The van der Waals surface area contributed by atoms with E-state index in [1.807, 2.05) is 44.3 Å². The highest BCUT2D eigenvalue weighted by molar-refractivity contribution is 6.21. The van der Waals surface area contributed by atoms with Crippen molar-refractivity contribution in [2.24, 2.45) is 5.73 Å². The van der Waals surface area contributed by atoms with Crippen LogP contribution in [0.4, 0.5) is 11.6 Å². The van der Waals surface area contributed by atoms with Gasteiger partial charge in [0, 0.05) is 40.8 Å². The summed E-state index contributed by atoms with van der Waals surface area (Å²) in [5.74, 6) is -0.986. The number of nitrogens with two attached hydrogens (primary N) is 1. The molecule has 3 aromatic carbocycles. The third-order valence-electron chi connectivity index (χ3n) is 11.3. The van der Waals surface area contributed by atoms with E-state index in [-0.39, 0.29) is 48.0 Å². The van der Waals surface area contributed by atoms with Gasteiger partial charge in [0.1, 0.15) is 11.4 Å². The maximum atomic E-state index is 13.5. The van der Waals surface area contributed by atoms with Crippen LogP contribution in [0.5, 0.6) is 5.75 Å². The first-order valence-electron chi connectivity index (χ1n) is 18.7. The first-order valence-corrected chi connectivity index (χ1v) is 18.7. The van der Waals surface area contributed by atoms with E-state index in [0.29, 0.717) is 58.0 Å². The van der Waals surface area contributed by atoms with Crippen LogP contribution in [0.15, 0.2) is 83.5 Å². The highest BCUT2D eigenvalue weighted by Gasteiger charge is 2.44. The predicted octanol–water partition coefficient (Wildman–Crippen LogP) is 5.44. The molecule has 4 amide bonds. The van der Waals surface area contributed by atoms with E-state index in [9.17, 15) is 19.2 Å². The number of benzene rings is 3. The number of fused-ring (bicyclic) bond motifs is 4. The zero-order valence-electron chi connectivity index (χ0n) is 31.4. The van der Waals surface area contributed by atoms with Crippen LogP contribution in [0.3, 0.4) is 0 Å². The molecular formula is C42H42N8O6. The second-order valence-electron chi connectivity index (χ2n) is 15.0. The van der Waals surface area contributed by atoms with E-state index in [0.717, 1.165) is 36.9 Å². The lowest BCUT2D eigenvalue weighted by atomic mass is 9.67. The molecule has 2 aliphatic heterocycles. The van der Waals surface area contributed by atoms with Gasteiger partial charge in [0.05, 0.1) is 30.1 Å². The Hall–Kier alpha value is -6.41. The minimum Gasteiger partial charge on any atom is -0.495 e. The maximum Gasteiger partial charge on any atom is 0.271 e. The molecule has 286 valence electrons. The van der Waals surface area contributed by atoms with E-state index < -0.39 is 11.3 Å². The van der Waals surface area contributed by atoms with Crippen LogP contribution in [0.1, 0.15) is 96.8 Å². The fraction of sp³-hybridized carbons (Fsp3) is 0.310. The van der Waals surface area contributed by atoms with Gasteiger partial charge in [0.25, 0.3) is 23.6 Å². The van der Waals surface area contributed by atoms with Gasteiger partial charge in [-0.15, -0.1) is 0 Å². The summed E-state index contributed by atoms with van der Waals surface area (Å²) in [6.45, 7) is 3.10. The normalized spacial score (nSPS) is 19.5. The molecule has 8 rings (SSSR count). The summed E-state index contributed by atoms with van der Waals surface area (Å²) in [4.78, 5) is 66.0. The highest BCUT2D eigenvalue weighted by atomic mass is 16.5. The number of piperidine rings is 1. The molecule has 56 heavy (non-hydrogen) atoms. The van der Waals surface area contributed by atoms with Crippen LogP contribution in [-0.2, 0) is 11.8 Å². The Kier molecular flexibility index (Phi) is 9.58. The number of methoxy groups -OCH3 is 1. The molecule has 2 aromatic heterocycles. The van der Waals surface area contributed by atoms with Crippen LogP contribution in [-0.4, -0.2) is 82.0 Å². The number of primary amides is 1. The highest BCUT2D eigenvalue weighted by Crippen LogP contribution is 2.48. The molecule has 1 aliphatic carbocycles. The van der Waals surface area contributed by atoms with Gasteiger partial charge in [0.2, 0.25) is 5.95 Å². The van der Waals surface area contributed by atoms with Gasteiger partial charge in [-0.3, -0.25) is 29.0 Å². The Morgan fingerprint density at radius 2 is 1.77 bits per heavy atom. The van der Waals surface area contributed by atoms with E-state index in [4.69, 9.17) is 25.0 Å². The molecule has 0 spiro atoms. The summed E-state index contributed by atoms with van der Waals surface area (Å²) in [6.07, 6.45) is 5.50. The Morgan fingerprint density at radius 3 is 2.46 bits per heavy atom. The number of hydrogen-bond donors (Lipinski definition) is 3. The topological polar surface area (TPSA) is 186 Å². The van der Waals surface area contributed by atoms with Crippen molar-refractivity contribution in [2.45, 2.75) is 56.5 Å². The number of carbonyl (C=O) groups is 4. The number of nitrogens with zero attached hydrogens (tertiary/aromatic N) is 5. The van der Waals surface area contributed by atoms with Crippen LogP contribution < -0.4 is 21.1 Å². The summed E-state index contributed by atoms with van der Waals surface area (Å²) in [6, 6.07) is 21.7. The first kappa shape index (κ1) is 36.6. The van der Waals surface area contributed by atoms with Crippen molar-refractivity contribution in [3.8, 4) is 17.2 Å². The average Bonchev–Trinajstić information content (AvgIpc) is 3.73. The van der Waals surface area contributed by atoms with Gasteiger partial charge in [-0.25, -0.2) is 9.97 Å². The molecule has 4 N–H and O–H groups in total. The minimum atomic E-state index is -0.741.